The highest BCUT2D eigenvalue weighted by molar-refractivity contribution is 6.98. The Morgan fingerprint density at radius 3 is 1.78 bits per heavy atom. The van der Waals surface area contributed by atoms with Gasteiger partial charge in [0.2, 0.25) is 6.71 Å². The van der Waals surface area contributed by atoms with E-state index in [0.29, 0.717) is 0 Å². The molecule has 2 aliphatic rings. The first kappa shape index (κ1) is 21.1. The Balaban J connectivity index is 1.59. The molecular weight excluding hydrogens is 435 g/mol. The minimum Gasteiger partial charge on any atom is -0.307 e. The molecule has 0 amide bonds. The van der Waals surface area contributed by atoms with Crippen LogP contribution >= 0.6 is 0 Å². The summed E-state index contributed by atoms with van der Waals surface area (Å²) < 4.78 is 0. The van der Waals surface area contributed by atoms with Crippen LogP contribution in [0.5, 0.6) is 0 Å². The van der Waals surface area contributed by atoms with Gasteiger partial charge in [0, 0.05) is 11.4 Å². The molecule has 0 unspecified atom stereocenters. The molecule has 2 aliphatic heterocycles. The summed E-state index contributed by atoms with van der Waals surface area (Å²) in [6.45, 7) is 6.91. The van der Waals surface area contributed by atoms with E-state index in [4.69, 9.17) is 0 Å². The van der Waals surface area contributed by atoms with Crippen molar-refractivity contribution >= 4 is 57.2 Å². The van der Waals surface area contributed by atoms with E-state index < -0.39 is 0 Å². The number of anilines is 6. The number of aryl methyl sites for hydroxylation is 3. The second kappa shape index (κ2) is 7.89. The van der Waals surface area contributed by atoms with Gasteiger partial charge in [0.15, 0.2) is 0 Å². The molecule has 0 saturated carbocycles. The molecule has 0 radical (unpaired) electrons. The largest absolute Gasteiger partial charge is 0.307 e. The molecule has 0 fully saturated rings. The molecule has 0 bridgehead atoms. The maximum Gasteiger partial charge on any atom is 0.247 e. The van der Waals surface area contributed by atoms with Gasteiger partial charge in [-0.3, -0.25) is 0 Å². The maximum absolute atomic E-state index is 2.49. The Bertz CT molecular complexity index is 1620. The van der Waals surface area contributed by atoms with Crippen molar-refractivity contribution in [3.05, 3.63) is 126 Å². The van der Waals surface area contributed by atoms with Gasteiger partial charge in [0.25, 0.3) is 0 Å². The van der Waals surface area contributed by atoms with Crippen LogP contribution in [0.1, 0.15) is 16.7 Å². The highest BCUT2D eigenvalue weighted by atomic mass is 15.3. The van der Waals surface area contributed by atoms with Gasteiger partial charge in [-0.1, -0.05) is 94.9 Å². The Kier molecular flexibility index (Phi) is 4.62. The Morgan fingerprint density at radius 2 is 1.06 bits per heavy atom. The molecule has 0 aromatic heterocycles. The molecule has 2 nitrogen and oxygen atoms in total. The van der Waals surface area contributed by atoms with Crippen molar-refractivity contribution in [2.75, 3.05) is 9.80 Å². The predicted molar refractivity (Wildman–Crippen MR) is 155 cm³/mol. The van der Waals surface area contributed by atoms with Crippen LogP contribution in [-0.4, -0.2) is 6.71 Å². The fourth-order valence-corrected chi connectivity index (χ4v) is 6.46. The molecule has 172 valence electrons. The lowest BCUT2D eigenvalue weighted by molar-refractivity contribution is 1.17. The first-order valence-corrected chi connectivity index (χ1v) is 12.7. The summed E-state index contributed by atoms with van der Waals surface area (Å²) in [5, 5.41) is 0. The summed E-state index contributed by atoms with van der Waals surface area (Å²) in [7, 11) is 0. The van der Waals surface area contributed by atoms with Crippen LogP contribution in [0.25, 0.3) is 0 Å². The van der Waals surface area contributed by atoms with Crippen LogP contribution in [0.4, 0.5) is 34.1 Å². The SMILES string of the molecule is Cc1cc(C)c(B2c3ccccc3N3c4ccccc4N(c4ccccc4)c4cccc2c43)c(C)c1. The van der Waals surface area contributed by atoms with Crippen molar-refractivity contribution in [3.8, 4) is 0 Å². The number of hydrogen-bond donors (Lipinski definition) is 0. The van der Waals surface area contributed by atoms with Crippen molar-refractivity contribution in [3.63, 3.8) is 0 Å². The maximum atomic E-state index is 2.49. The van der Waals surface area contributed by atoms with Gasteiger partial charge in [0.05, 0.1) is 22.7 Å². The number of rotatable bonds is 2. The van der Waals surface area contributed by atoms with Crippen LogP contribution in [0.15, 0.2) is 109 Å². The normalized spacial score (nSPS) is 13.2. The van der Waals surface area contributed by atoms with Gasteiger partial charge in [-0.15, -0.1) is 0 Å². The molecule has 5 aromatic rings. The van der Waals surface area contributed by atoms with Gasteiger partial charge in [0.1, 0.15) is 0 Å². The van der Waals surface area contributed by atoms with E-state index in [9.17, 15) is 0 Å². The molecule has 0 aliphatic carbocycles. The van der Waals surface area contributed by atoms with E-state index >= 15 is 0 Å². The zero-order valence-corrected chi connectivity index (χ0v) is 20.9. The highest BCUT2D eigenvalue weighted by Gasteiger charge is 2.41. The van der Waals surface area contributed by atoms with Crippen LogP contribution in [0.2, 0.25) is 0 Å². The molecular formula is C33H27BN2. The number of hydrogen-bond acceptors (Lipinski definition) is 2. The lowest BCUT2D eigenvalue weighted by Gasteiger charge is -2.45. The average Bonchev–Trinajstić information content (AvgIpc) is 2.89. The standard InChI is InChI=1S/C33H27BN2/c1-22-20-23(2)32(24(3)21-22)34-26-14-7-8-16-28(26)36-30-18-10-9-17-29(30)35(25-12-5-4-6-13-25)31-19-11-15-27(34)33(31)36/h4-21H,1-3H3. The Labute approximate surface area is 213 Å². The fraction of sp³-hybridized carbons (Fsp3) is 0.0909. The van der Waals surface area contributed by atoms with Crippen LogP contribution in [0.3, 0.4) is 0 Å². The number of nitrogens with zero attached hydrogens (tertiary/aromatic N) is 2. The molecule has 0 spiro atoms. The van der Waals surface area contributed by atoms with E-state index in [2.05, 4.69) is 140 Å². The van der Waals surface area contributed by atoms with Gasteiger partial charge in [-0.05, 0) is 68.1 Å². The topological polar surface area (TPSA) is 6.48 Å². The first-order chi connectivity index (χ1) is 17.6. The summed E-state index contributed by atoms with van der Waals surface area (Å²) in [4.78, 5) is 4.91. The molecule has 0 N–H and O–H groups in total. The molecule has 5 aromatic carbocycles. The van der Waals surface area contributed by atoms with Crippen LogP contribution in [0, 0.1) is 20.8 Å². The monoisotopic (exact) mass is 462 g/mol. The molecule has 36 heavy (non-hydrogen) atoms. The quantitative estimate of drug-likeness (QED) is 0.264. The van der Waals surface area contributed by atoms with Gasteiger partial charge in [-0.25, -0.2) is 0 Å². The third-order valence-corrected chi connectivity index (χ3v) is 7.71. The Hall–Kier alpha value is -4.24. The van der Waals surface area contributed by atoms with E-state index in [1.807, 2.05) is 0 Å². The van der Waals surface area contributed by atoms with E-state index in [1.54, 1.807) is 0 Å². The third kappa shape index (κ3) is 2.92. The lowest BCUT2D eigenvalue weighted by atomic mass is 9.33. The van der Waals surface area contributed by atoms with Crippen molar-refractivity contribution in [2.24, 2.45) is 0 Å². The minimum absolute atomic E-state index is 0.177. The third-order valence-electron chi connectivity index (χ3n) is 7.71. The zero-order valence-electron chi connectivity index (χ0n) is 20.9. The summed E-state index contributed by atoms with van der Waals surface area (Å²) in [6, 6.07) is 40.0. The van der Waals surface area contributed by atoms with Gasteiger partial charge < -0.3 is 9.80 Å². The fourth-order valence-electron chi connectivity index (χ4n) is 6.46. The zero-order chi connectivity index (χ0) is 24.4. The van der Waals surface area contributed by atoms with Crippen molar-refractivity contribution in [1.29, 1.82) is 0 Å². The molecule has 2 heterocycles. The molecule has 0 saturated heterocycles. The van der Waals surface area contributed by atoms with E-state index in [-0.39, 0.29) is 6.71 Å². The van der Waals surface area contributed by atoms with Crippen LogP contribution < -0.4 is 26.2 Å². The summed E-state index contributed by atoms with van der Waals surface area (Å²) in [5.74, 6) is 0. The van der Waals surface area contributed by atoms with Crippen molar-refractivity contribution < 1.29 is 0 Å². The van der Waals surface area contributed by atoms with Gasteiger partial charge in [-0.2, -0.15) is 0 Å². The molecule has 0 atom stereocenters. The molecule has 3 heteroatoms. The van der Waals surface area contributed by atoms with Crippen molar-refractivity contribution in [1.82, 2.24) is 0 Å². The first-order valence-electron chi connectivity index (χ1n) is 12.7. The van der Waals surface area contributed by atoms with Crippen molar-refractivity contribution in [2.45, 2.75) is 20.8 Å². The van der Waals surface area contributed by atoms with E-state index in [0.717, 1.165) is 0 Å². The van der Waals surface area contributed by atoms with Gasteiger partial charge >= 0.3 is 0 Å². The number of fused-ring (bicyclic) bond motifs is 4. The second-order valence-electron chi connectivity index (χ2n) is 10.0. The minimum atomic E-state index is 0.177. The predicted octanol–water partition coefficient (Wildman–Crippen LogP) is 6.69. The summed E-state index contributed by atoms with van der Waals surface area (Å²) >= 11 is 0. The number of para-hydroxylation sites is 5. The van der Waals surface area contributed by atoms with E-state index in [1.165, 1.54) is 67.2 Å². The Morgan fingerprint density at radius 1 is 0.500 bits per heavy atom. The van der Waals surface area contributed by atoms with Crippen LogP contribution in [-0.2, 0) is 0 Å². The second-order valence-corrected chi connectivity index (χ2v) is 10.0. The number of benzene rings is 5. The molecule has 7 rings (SSSR count). The average molecular weight is 462 g/mol. The lowest BCUT2D eigenvalue weighted by Crippen LogP contribution is -2.59. The smallest absolute Gasteiger partial charge is 0.247 e. The summed E-state index contributed by atoms with van der Waals surface area (Å²) in [6.07, 6.45) is 0. The summed E-state index contributed by atoms with van der Waals surface area (Å²) in [5.41, 5.74) is 15.5. The highest BCUT2D eigenvalue weighted by Crippen LogP contribution is 2.54.